The molecular weight excluding hydrogens is 206 g/mol. The van der Waals surface area contributed by atoms with Gasteiger partial charge in [0, 0.05) is 19.6 Å². The topological polar surface area (TPSA) is 61.4 Å². The second kappa shape index (κ2) is 9.00. The van der Waals surface area contributed by atoms with E-state index in [-0.39, 0.29) is 18.5 Å². The fourth-order valence-electron chi connectivity index (χ4n) is 1.24. The summed E-state index contributed by atoms with van der Waals surface area (Å²) < 4.78 is 0. The summed E-state index contributed by atoms with van der Waals surface area (Å²) in [7, 11) is 0. The molecule has 0 aliphatic rings. The van der Waals surface area contributed by atoms with Crippen LogP contribution in [0.2, 0.25) is 0 Å². The van der Waals surface area contributed by atoms with Gasteiger partial charge in [-0.25, -0.2) is 4.79 Å². The highest BCUT2D eigenvalue weighted by atomic mass is 16.2. The summed E-state index contributed by atoms with van der Waals surface area (Å²) in [6, 6.07) is -0.165. The summed E-state index contributed by atoms with van der Waals surface area (Å²) in [5, 5.41) is 5.46. The van der Waals surface area contributed by atoms with Crippen LogP contribution in [0.1, 0.15) is 33.6 Å². The van der Waals surface area contributed by atoms with Crippen molar-refractivity contribution in [2.75, 3.05) is 26.2 Å². The maximum absolute atomic E-state index is 11.6. The molecule has 0 spiro atoms. The van der Waals surface area contributed by atoms with Crippen molar-refractivity contribution in [3.63, 3.8) is 0 Å². The Hall–Kier alpha value is -1.26. The van der Waals surface area contributed by atoms with Gasteiger partial charge < -0.3 is 15.5 Å². The predicted octanol–water partition coefficient (Wildman–Crippen LogP) is 0.954. The molecule has 0 aromatic heterocycles. The minimum absolute atomic E-state index is 0.116. The molecule has 0 radical (unpaired) electrons. The first-order valence-corrected chi connectivity index (χ1v) is 5.95. The lowest BCUT2D eigenvalue weighted by Gasteiger charge is -2.20. The van der Waals surface area contributed by atoms with Crippen LogP contribution in [-0.4, -0.2) is 43.0 Å². The monoisotopic (exact) mass is 229 g/mol. The van der Waals surface area contributed by atoms with E-state index in [0.29, 0.717) is 19.6 Å². The molecule has 5 nitrogen and oxygen atoms in total. The first-order chi connectivity index (χ1) is 7.65. The maximum Gasteiger partial charge on any atom is 0.317 e. The van der Waals surface area contributed by atoms with Crippen LogP contribution in [0, 0.1) is 0 Å². The number of carbonyl (C=O) groups is 2. The predicted molar refractivity (Wildman–Crippen MR) is 64.2 cm³/mol. The molecule has 0 aliphatic carbocycles. The number of amides is 3. The molecule has 0 heterocycles. The van der Waals surface area contributed by atoms with Gasteiger partial charge in [0.15, 0.2) is 0 Å². The lowest BCUT2D eigenvalue weighted by atomic mass is 10.3. The Balaban J connectivity index is 3.96. The fourth-order valence-corrected chi connectivity index (χ4v) is 1.24. The zero-order valence-electron chi connectivity index (χ0n) is 10.5. The Bertz CT molecular complexity index is 219. The molecule has 16 heavy (non-hydrogen) atoms. The highest BCUT2D eigenvalue weighted by Gasteiger charge is 2.13. The van der Waals surface area contributed by atoms with E-state index in [2.05, 4.69) is 17.6 Å². The molecule has 0 fully saturated rings. The van der Waals surface area contributed by atoms with Gasteiger partial charge in [-0.05, 0) is 20.3 Å². The molecule has 0 saturated carbocycles. The van der Waals surface area contributed by atoms with Gasteiger partial charge in [-0.1, -0.05) is 13.3 Å². The number of hydrogen-bond acceptors (Lipinski definition) is 2. The van der Waals surface area contributed by atoms with Gasteiger partial charge in [0.1, 0.15) is 6.54 Å². The molecule has 2 N–H and O–H groups in total. The number of carbonyl (C=O) groups excluding carboxylic acids is 2. The first kappa shape index (κ1) is 14.7. The minimum atomic E-state index is -0.165. The van der Waals surface area contributed by atoms with Crippen LogP contribution in [0.3, 0.4) is 0 Å². The van der Waals surface area contributed by atoms with Gasteiger partial charge in [0.05, 0.1) is 0 Å². The zero-order chi connectivity index (χ0) is 12.4. The van der Waals surface area contributed by atoms with Crippen molar-refractivity contribution >= 4 is 11.9 Å². The number of hydrogen-bond donors (Lipinski definition) is 2. The van der Waals surface area contributed by atoms with E-state index in [1.807, 2.05) is 13.8 Å². The van der Waals surface area contributed by atoms with Gasteiger partial charge in [0.25, 0.3) is 0 Å². The lowest BCUT2D eigenvalue weighted by molar-refractivity contribution is -0.121. The van der Waals surface area contributed by atoms with Gasteiger partial charge in [0.2, 0.25) is 5.91 Å². The molecular formula is C11H23N3O2. The SMILES string of the molecule is CCCCNC(=O)N(CC)CC(=O)NCC. The highest BCUT2D eigenvalue weighted by Crippen LogP contribution is 1.90. The summed E-state index contributed by atoms with van der Waals surface area (Å²) in [5.41, 5.74) is 0. The second-order valence-corrected chi connectivity index (χ2v) is 3.55. The quantitative estimate of drug-likeness (QED) is 0.639. The number of nitrogens with zero attached hydrogens (tertiary/aromatic N) is 1. The molecule has 0 unspecified atom stereocenters. The van der Waals surface area contributed by atoms with E-state index in [1.54, 1.807) is 0 Å². The van der Waals surface area contributed by atoms with Crippen LogP contribution in [0.25, 0.3) is 0 Å². The van der Waals surface area contributed by atoms with E-state index < -0.39 is 0 Å². The van der Waals surface area contributed by atoms with Gasteiger partial charge >= 0.3 is 6.03 Å². The molecule has 94 valence electrons. The number of likely N-dealkylation sites (N-methyl/N-ethyl adjacent to an activating group) is 2. The normalized spacial score (nSPS) is 9.69. The molecule has 3 amide bonds. The van der Waals surface area contributed by atoms with Gasteiger partial charge in [-0.2, -0.15) is 0 Å². The Morgan fingerprint density at radius 3 is 2.31 bits per heavy atom. The van der Waals surface area contributed by atoms with E-state index in [0.717, 1.165) is 12.8 Å². The smallest absolute Gasteiger partial charge is 0.317 e. The third-order valence-corrected chi connectivity index (χ3v) is 2.18. The van der Waals surface area contributed by atoms with Crippen molar-refractivity contribution < 1.29 is 9.59 Å². The van der Waals surface area contributed by atoms with E-state index in [1.165, 1.54) is 4.90 Å². The molecule has 0 bridgehead atoms. The molecule has 0 aliphatic heterocycles. The van der Waals surface area contributed by atoms with Crippen LogP contribution in [-0.2, 0) is 4.79 Å². The Kier molecular flexibility index (Phi) is 8.29. The molecule has 0 saturated heterocycles. The Morgan fingerprint density at radius 2 is 1.81 bits per heavy atom. The Labute approximate surface area is 97.6 Å². The summed E-state index contributed by atoms with van der Waals surface area (Å²) in [5.74, 6) is -0.116. The zero-order valence-corrected chi connectivity index (χ0v) is 10.5. The van der Waals surface area contributed by atoms with Crippen molar-refractivity contribution in [1.29, 1.82) is 0 Å². The number of rotatable bonds is 7. The van der Waals surface area contributed by atoms with E-state index in [4.69, 9.17) is 0 Å². The Morgan fingerprint density at radius 1 is 1.12 bits per heavy atom. The number of unbranched alkanes of at least 4 members (excludes halogenated alkanes) is 1. The lowest BCUT2D eigenvalue weighted by Crippen LogP contribution is -2.45. The summed E-state index contributed by atoms with van der Waals surface area (Å²) in [6.07, 6.45) is 2.01. The molecule has 0 aromatic carbocycles. The van der Waals surface area contributed by atoms with Crippen molar-refractivity contribution in [1.82, 2.24) is 15.5 Å². The third-order valence-electron chi connectivity index (χ3n) is 2.18. The second-order valence-electron chi connectivity index (χ2n) is 3.55. The average Bonchev–Trinajstić information content (AvgIpc) is 2.26. The third kappa shape index (κ3) is 6.27. The van der Waals surface area contributed by atoms with Gasteiger partial charge in [-0.15, -0.1) is 0 Å². The van der Waals surface area contributed by atoms with Crippen molar-refractivity contribution in [2.45, 2.75) is 33.6 Å². The molecule has 0 aromatic rings. The summed E-state index contributed by atoms with van der Waals surface area (Å²) in [4.78, 5) is 24.4. The van der Waals surface area contributed by atoms with Crippen molar-refractivity contribution in [3.05, 3.63) is 0 Å². The van der Waals surface area contributed by atoms with Crippen LogP contribution in [0.15, 0.2) is 0 Å². The standard InChI is InChI=1S/C11H23N3O2/c1-4-7-8-13-11(16)14(6-3)9-10(15)12-5-2/h4-9H2,1-3H3,(H,12,15)(H,13,16). The van der Waals surface area contributed by atoms with Crippen LogP contribution < -0.4 is 10.6 Å². The largest absolute Gasteiger partial charge is 0.355 e. The average molecular weight is 229 g/mol. The minimum Gasteiger partial charge on any atom is -0.355 e. The van der Waals surface area contributed by atoms with E-state index >= 15 is 0 Å². The van der Waals surface area contributed by atoms with E-state index in [9.17, 15) is 9.59 Å². The van der Waals surface area contributed by atoms with Crippen LogP contribution >= 0.6 is 0 Å². The maximum atomic E-state index is 11.6. The number of urea groups is 1. The van der Waals surface area contributed by atoms with Gasteiger partial charge in [-0.3, -0.25) is 4.79 Å². The first-order valence-electron chi connectivity index (χ1n) is 5.95. The van der Waals surface area contributed by atoms with Crippen molar-refractivity contribution in [2.24, 2.45) is 0 Å². The molecule has 0 atom stereocenters. The van der Waals surface area contributed by atoms with Crippen molar-refractivity contribution in [3.8, 4) is 0 Å². The summed E-state index contributed by atoms with van der Waals surface area (Å²) >= 11 is 0. The highest BCUT2D eigenvalue weighted by molar-refractivity contribution is 5.83. The van der Waals surface area contributed by atoms with Crippen LogP contribution in [0.5, 0.6) is 0 Å². The summed E-state index contributed by atoms with van der Waals surface area (Å²) in [6.45, 7) is 7.71. The fraction of sp³-hybridized carbons (Fsp3) is 0.818. The molecule has 5 heteroatoms. The van der Waals surface area contributed by atoms with Crippen LogP contribution in [0.4, 0.5) is 4.79 Å². The number of nitrogens with one attached hydrogen (secondary N) is 2. The molecule has 0 rings (SSSR count).